The average Bonchev–Trinajstić information content (AvgIpc) is 1.72. The van der Waals surface area contributed by atoms with Gasteiger partial charge in [-0.1, -0.05) is 0 Å². The van der Waals surface area contributed by atoms with Gasteiger partial charge < -0.3 is 9.47 Å². The molecule has 0 aromatic rings. The van der Waals surface area contributed by atoms with E-state index in [-0.39, 0.29) is 0 Å². The molecule has 1 radical (unpaired) electrons. The largest absolute Gasteiger partial charge is 0.355 e. The van der Waals surface area contributed by atoms with E-state index in [1.165, 1.54) is 0 Å². The zero-order chi connectivity index (χ0) is 4.24. The van der Waals surface area contributed by atoms with E-state index in [1.54, 1.807) is 0 Å². The lowest BCUT2D eigenvalue weighted by Crippen LogP contribution is -2.11. The van der Waals surface area contributed by atoms with Gasteiger partial charge in [0.2, 0.25) is 0 Å². The highest BCUT2D eigenvalue weighted by atomic mass is 16.7. The predicted octanol–water partition coefficient (Wildman–Crippen LogP) is 0.195. The van der Waals surface area contributed by atoms with Crippen molar-refractivity contribution >= 4 is 0 Å². The molecule has 0 aromatic carbocycles. The van der Waals surface area contributed by atoms with Crippen LogP contribution in [0, 0.1) is 6.42 Å². The van der Waals surface area contributed by atoms with E-state index < -0.39 is 0 Å². The molecule has 1 saturated heterocycles. The standard InChI is InChI=1S/C4H7O2/c1-2-5-4-6-3-1/h1H,2-4H2. The maximum Gasteiger partial charge on any atom is 0.146 e. The molecular weight excluding hydrogens is 80.0 g/mol. The molecule has 1 aliphatic heterocycles. The second kappa shape index (κ2) is 2.16. The van der Waals surface area contributed by atoms with Gasteiger partial charge in [-0.15, -0.1) is 0 Å². The fourth-order valence-corrected chi connectivity index (χ4v) is 0.370. The highest BCUT2D eigenvalue weighted by Crippen LogP contribution is 1.90. The van der Waals surface area contributed by atoms with Crippen LogP contribution in [0.2, 0.25) is 0 Å². The summed E-state index contributed by atoms with van der Waals surface area (Å²) in [6.45, 7) is 1.97. The maximum absolute atomic E-state index is 4.79. The minimum absolute atomic E-state index is 0.469. The van der Waals surface area contributed by atoms with Crippen LogP contribution in [-0.2, 0) is 9.47 Å². The zero-order valence-electron chi connectivity index (χ0n) is 3.52. The third-order valence-electron chi connectivity index (χ3n) is 0.638. The van der Waals surface area contributed by atoms with Gasteiger partial charge in [-0.25, -0.2) is 0 Å². The lowest BCUT2D eigenvalue weighted by atomic mass is 10.5. The summed E-state index contributed by atoms with van der Waals surface area (Å²) in [4.78, 5) is 0. The summed E-state index contributed by atoms with van der Waals surface area (Å²) in [5.74, 6) is 0. The molecule has 35 valence electrons. The van der Waals surface area contributed by atoms with Gasteiger partial charge in [0.05, 0.1) is 13.2 Å². The van der Waals surface area contributed by atoms with Crippen molar-refractivity contribution in [1.82, 2.24) is 0 Å². The lowest BCUT2D eigenvalue weighted by molar-refractivity contribution is -0.0719. The second-order valence-corrected chi connectivity index (χ2v) is 1.15. The van der Waals surface area contributed by atoms with E-state index in [0.717, 1.165) is 13.2 Å². The Morgan fingerprint density at radius 1 is 1.17 bits per heavy atom. The summed E-state index contributed by atoms with van der Waals surface area (Å²) in [5.41, 5.74) is 0. The van der Waals surface area contributed by atoms with Crippen LogP contribution in [0.1, 0.15) is 0 Å². The first-order valence-electron chi connectivity index (χ1n) is 1.97. The Labute approximate surface area is 37.1 Å². The molecule has 2 nitrogen and oxygen atoms in total. The molecule has 0 bridgehead atoms. The van der Waals surface area contributed by atoms with E-state index in [9.17, 15) is 0 Å². The normalized spacial score (nSPS) is 24.0. The quantitative estimate of drug-likeness (QED) is 0.420. The van der Waals surface area contributed by atoms with Gasteiger partial charge >= 0.3 is 0 Å². The molecule has 6 heavy (non-hydrogen) atoms. The highest BCUT2D eigenvalue weighted by molar-refractivity contribution is 4.62. The summed E-state index contributed by atoms with van der Waals surface area (Å²) < 4.78 is 9.58. The predicted molar refractivity (Wildman–Crippen MR) is 21.1 cm³/mol. The minimum Gasteiger partial charge on any atom is -0.355 e. The van der Waals surface area contributed by atoms with Gasteiger partial charge in [-0.2, -0.15) is 0 Å². The van der Waals surface area contributed by atoms with Crippen LogP contribution < -0.4 is 0 Å². The molecule has 1 rings (SSSR count). The van der Waals surface area contributed by atoms with E-state index in [4.69, 9.17) is 9.47 Å². The van der Waals surface area contributed by atoms with Crippen LogP contribution in [-0.4, -0.2) is 20.0 Å². The van der Waals surface area contributed by atoms with Crippen molar-refractivity contribution in [3.8, 4) is 0 Å². The van der Waals surface area contributed by atoms with Crippen LogP contribution >= 0.6 is 0 Å². The number of hydrogen-bond acceptors (Lipinski definition) is 2. The Bertz CT molecular complexity index is 21.0. The molecule has 0 aromatic heterocycles. The van der Waals surface area contributed by atoms with Crippen LogP contribution in [0.15, 0.2) is 0 Å². The fourth-order valence-electron chi connectivity index (χ4n) is 0.370. The van der Waals surface area contributed by atoms with Gasteiger partial charge in [0.15, 0.2) is 0 Å². The van der Waals surface area contributed by atoms with Crippen molar-refractivity contribution in [3.63, 3.8) is 0 Å². The van der Waals surface area contributed by atoms with Gasteiger partial charge in [0.25, 0.3) is 0 Å². The molecule has 0 N–H and O–H groups in total. The maximum atomic E-state index is 4.79. The van der Waals surface area contributed by atoms with Gasteiger partial charge in [-0.3, -0.25) is 0 Å². The van der Waals surface area contributed by atoms with E-state index in [2.05, 4.69) is 0 Å². The molecule has 1 fully saturated rings. The lowest BCUT2D eigenvalue weighted by Gasteiger charge is -2.09. The third kappa shape index (κ3) is 0.954. The Morgan fingerprint density at radius 2 is 1.83 bits per heavy atom. The molecule has 1 heterocycles. The van der Waals surface area contributed by atoms with Crippen molar-refractivity contribution in [2.75, 3.05) is 20.0 Å². The molecular formula is C4H7O2. The summed E-state index contributed by atoms with van der Waals surface area (Å²) in [6.07, 6.45) is 1.95. The zero-order valence-corrected chi connectivity index (χ0v) is 3.52. The van der Waals surface area contributed by atoms with Crippen LogP contribution in [0.3, 0.4) is 0 Å². The van der Waals surface area contributed by atoms with Crippen molar-refractivity contribution in [2.45, 2.75) is 0 Å². The molecule has 1 aliphatic rings. The third-order valence-corrected chi connectivity index (χ3v) is 0.638. The van der Waals surface area contributed by atoms with Crippen LogP contribution in [0.4, 0.5) is 0 Å². The van der Waals surface area contributed by atoms with E-state index >= 15 is 0 Å². The molecule has 0 spiro atoms. The fraction of sp³-hybridized carbons (Fsp3) is 0.750. The minimum atomic E-state index is 0.469. The van der Waals surface area contributed by atoms with Crippen molar-refractivity contribution in [3.05, 3.63) is 6.42 Å². The molecule has 0 unspecified atom stereocenters. The van der Waals surface area contributed by atoms with Gasteiger partial charge in [-0.05, 0) is 0 Å². The average molecular weight is 87.1 g/mol. The van der Waals surface area contributed by atoms with Crippen molar-refractivity contribution < 1.29 is 9.47 Å². The Kier molecular flexibility index (Phi) is 1.47. The SMILES string of the molecule is [CH]1COCOC1. The molecule has 2 heteroatoms. The molecule has 0 saturated carbocycles. The molecule has 0 aliphatic carbocycles. The van der Waals surface area contributed by atoms with E-state index in [1.807, 2.05) is 6.42 Å². The summed E-state index contributed by atoms with van der Waals surface area (Å²) in [6, 6.07) is 0. The number of hydrogen-bond donors (Lipinski definition) is 0. The van der Waals surface area contributed by atoms with Gasteiger partial charge in [0.1, 0.15) is 6.79 Å². The summed E-state index contributed by atoms with van der Waals surface area (Å²) in [7, 11) is 0. The number of ether oxygens (including phenoxy) is 2. The first kappa shape index (κ1) is 4.09. The summed E-state index contributed by atoms with van der Waals surface area (Å²) in [5, 5.41) is 0. The molecule has 0 amide bonds. The van der Waals surface area contributed by atoms with E-state index in [0.29, 0.717) is 6.79 Å². The van der Waals surface area contributed by atoms with Crippen molar-refractivity contribution in [1.29, 1.82) is 0 Å². The summed E-state index contributed by atoms with van der Waals surface area (Å²) >= 11 is 0. The van der Waals surface area contributed by atoms with Crippen LogP contribution in [0.25, 0.3) is 0 Å². The first-order valence-corrected chi connectivity index (χ1v) is 1.97. The van der Waals surface area contributed by atoms with Crippen LogP contribution in [0.5, 0.6) is 0 Å². The smallest absolute Gasteiger partial charge is 0.146 e. The second-order valence-electron chi connectivity index (χ2n) is 1.15. The van der Waals surface area contributed by atoms with Crippen molar-refractivity contribution in [2.24, 2.45) is 0 Å². The Morgan fingerprint density at radius 3 is 2.00 bits per heavy atom. The topological polar surface area (TPSA) is 18.5 Å². The molecule has 0 atom stereocenters. The van der Waals surface area contributed by atoms with Gasteiger partial charge in [0, 0.05) is 6.42 Å². The monoisotopic (exact) mass is 87.0 g/mol. The highest BCUT2D eigenvalue weighted by Gasteiger charge is 1.94. The Balaban J connectivity index is 2.00. The Hall–Kier alpha value is -0.0800. The first-order chi connectivity index (χ1) is 3.00. The number of rotatable bonds is 0.